The number of aromatic nitrogens is 2. The summed E-state index contributed by atoms with van der Waals surface area (Å²) in [5, 5.41) is 16.3. The minimum absolute atomic E-state index is 0.0000375. The number of unbranched alkanes of at least 4 members (excludes halogenated alkanes) is 1. The third kappa shape index (κ3) is 5.34. The summed E-state index contributed by atoms with van der Waals surface area (Å²) in [6, 6.07) is 15.6. The predicted molar refractivity (Wildman–Crippen MR) is 116 cm³/mol. The second kappa shape index (κ2) is 10.2. The summed E-state index contributed by atoms with van der Waals surface area (Å²) in [7, 11) is 0. The number of amides is 1. The molecule has 31 heavy (non-hydrogen) atoms. The summed E-state index contributed by atoms with van der Waals surface area (Å²) in [5.41, 5.74) is 1.10. The van der Waals surface area contributed by atoms with E-state index in [0.29, 0.717) is 23.0 Å². The Hall–Kier alpha value is -3.99. The number of rotatable bonds is 8. The average Bonchev–Trinajstić information content (AvgIpc) is 2.78. The van der Waals surface area contributed by atoms with Gasteiger partial charge in [0.25, 0.3) is 11.5 Å². The minimum atomic E-state index is -0.777. The topological polar surface area (TPSA) is 114 Å². The van der Waals surface area contributed by atoms with E-state index in [9.17, 15) is 14.4 Å². The molecule has 0 atom stereocenters. The van der Waals surface area contributed by atoms with Crippen LogP contribution in [0, 0.1) is 11.3 Å². The number of ether oxygens (including phenoxy) is 1. The van der Waals surface area contributed by atoms with Crippen LogP contribution in [-0.4, -0.2) is 28.3 Å². The van der Waals surface area contributed by atoms with E-state index in [4.69, 9.17) is 10.00 Å². The van der Waals surface area contributed by atoms with E-state index in [2.05, 4.69) is 16.5 Å². The van der Waals surface area contributed by atoms with Crippen molar-refractivity contribution in [3.63, 3.8) is 0 Å². The van der Waals surface area contributed by atoms with Gasteiger partial charge in [0.2, 0.25) is 0 Å². The lowest BCUT2D eigenvalue weighted by Gasteiger charge is -2.11. The molecule has 0 aliphatic heterocycles. The van der Waals surface area contributed by atoms with Gasteiger partial charge in [-0.05, 0) is 30.2 Å². The lowest BCUT2D eigenvalue weighted by molar-refractivity contribution is -0.119. The number of carbonyl (C=O) groups excluding carboxylic acids is 2. The van der Waals surface area contributed by atoms with E-state index in [-0.39, 0.29) is 17.7 Å². The molecule has 1 heterocycles. The van der Waals surface area contributed by atoms with Crippen LogP contribution in [-0.2, 0) is 22.5 Å². The molecule has 1 aromatic heterocycles. The van der Waals surface area contributed by atoms with E-state index in [1.807, 2.05) is 6.92 Å². The number of esters is 1. The van der Waals surface area contributed by atoms with Gasteiger partial charge in [-0.1, -0.05) is 43.7 Å². The maximum Gasteiger partial charge on any atom is 0.359 e. The van der Waals surface area contributed by atoms with Gasteiger partial charge in [0.15, 0.2) is 12.3 Å². The van der Waals surface area contributed by atoms with Crippen LogP contribution in [0.15, 0.2) is 53.3 Å². The first-order chi connectivity index (χ1) is 15.0. The van der Waals surface area contributed by atoms with Crippen LogP contribution in [0.25, 0.3) is 10.8 Å². The minimum Gasteiger partial charge on any atom is -0.451 e. The Morgan fingerprint density at radius 2 is 1.84 bits per heavy atom. The van der Waals surface area contributed by atoms with E-state index in [1.165, 1.54) is 4.68 Å². The second-order valence-corrected chi connectivity index (χ2v) is 6.93. The molecule has 0 unspecified atom stereocenters. The number of nitrogens with zero attached hydrogens (tertiary/aromatic N) is 3. The number of benzene rings is 2. The molecule has 1 N–H and O–H groups in total. The third-order valence-electron chi connectivity index (χ3n) is 4.64. The van der Waals surface area contributed by atoms with Crippen molar-refractivity contribution in [1.82, 2.24) is 9.78 Å². The molecule has 0 aliphatic rings. The molecule has 0 aliphatic carbocycles. The number of hydrogen-bond acceptors (Lipinski definition) is 6. The van der Waals surface area contributed by atoms with Crippen molar-refractivity contribution in [2.75, 3.05) is 11.9 Å². The van der Waals surface area contributed by atoms with Gasteiger partial charge in [0, 0.05) is 17.6 Å². The molecule has 3 rings (SSSR count). The second-order valence-electron chi connectivity index (χ2n) is 6.93. The van der Waals surface area contributed by atoms with Crippen LogP contribution >= 0.6 is 0 Å². The van der Waals surface area contributed by atoms with Crippen LogP contribution in [0.3, 0.4) is 0 Å². The van der Waals surface area contributed by atoms with Crippen molar-refractivity contribution in [2.45, 2.75) is 32.7 Å². The Morgan fingerprint density at radius 3 is 2.52 bits per heavy atom. The lowest BCUT2D eigenvalue weighted by atomic mass is 10.1. The van der Waals surface area contributed by atoms with Gasteiger partial charge in [0.1, 0.15) is 0 Å². The zero-order chi connectivity index (χ0) is 22.2. The van der Waals surface area contributed by atoms with Crippen molar-refractivity contribution < 1.29 is 14.3 Å². The van der Waals surface area contributed by atoms with E-state index >= 15 is 0 Å². The SMILES string of the molecule is CCCCn1nc(C(=O)OCC(=O)Nc2ccc(CC#N)cc2)c2ccccc2c1=O. The van der Waals surface area contributed by atoms with Gasteiger partial charge in [-0.3, -0.25) is 9.59 Å². The fourth-order valence-corrected chi connectivity index (χ4v) is 3.04. The summed E-state index contributed by atoms with van der Waals surface area (Å²) in [4.78, 5) is 37.4. The Balaban J connectivity index is 1.72. The number of carbonyl (C=O) groups is 2. The Kier molecular flexibility index (Phi) is 7.12. The highest BCUT2D eigenvalue weighted by atomic mass is 16.5. The highest BCUT2D eigenvalue weighted by Gasteiger charge is 2.19. The molecule has 158 valence electrons. The largest absolute Gasteiger partial charge is 0.451 e. The van der Waals surface area contributed by atoms with Gasteiger partial charge in [-0.25, -0.2) is 9.48 Å². The highest BCUT2D eigenvalue weighted by molar-refractivity contribution is 6.03. The van der Waals surface area contributed by atoms with Crippen molar-refractivity contribution in [3.8, 4) is 6.07 Å². The molecule has 0 bridgehead atoms. The quantitative estimate of drug-likeness (QED) is 0.563. The summed E-state index contributed by atoms with van der Waals surface area (Å²) in [6.45, 7) is 1.89. The van der Waals surface area contributed by atoms with Gasteiger partial charge in [-0.2, -0.15) is 10.4 Å². The van der Waals surface area contributed by atoms with Crippen molar-refractivity contribution >= 4 is 28.3 Å². The molecule has 8 nitrogen and oxygen atoms in total. The maximum atomic E-state index is 12.7. The van der Waals surface area contributed by atoms with Crippen LogP contribution in [0.1, 0.15) is 35.8 Å². The number of fused-ring (bicyclic) bond motifs is 1. The standard InChI is InChI=1S/C23H22N4O4/c1-2-3-14-27-22(29)19-7-5-4-6-18(19)21(26-27)23(30)31-15-20(28)25-17-10-8-16(9-11-17)12-13-24/h4-11H,2-3,12,14-15H2,1H3,(H,25,28). The smallest absolute Gasteiger partial charge is 0.359 e. The average molecular weight is 418 g/mol. The monoisotopic (exact) mass is 418 g/mol. The van der Waals surface area contributed by atoms with E-state index < -0.39 is 18.5 Å². The Morgan fingerprint density at radius 1 is 1.13 bits per heavy atom. The lowest BCUT2D eigenvalue weighted by Crippen LogP contribution is -2.27. The summed E-state index contributed by atoms with van der Waals surface area (Å²) >= 11 is 0. The molecule has 0 radical (unpaired) electrons. The molecule has 0 saturated heterocycles. The zero-order valence-electron chi connectivity index (χ0n) is 17.1. The molecule has 0 spiro atoms. The van der Waals surface area contributed by atoms with Crippen molar-refractivity contribution in [3.05, 3.63) is 70.1 Å². The number of hydrogen-bond donors (Lipinski definition) is 1. The first kappa shape index (κ1) is 21.7. The highest BCUT2D eigenvalue weighted by Crippen LogP contribution is 2.15. The van der Waals surface area contributed by atoms with Crippen LogP contribution in [0.5, 0.6) is 0 Å². The van der Waals surface area contributed by atoms with Gasteiger partial charge >= 0.3 is 5.97 Å². The van der Waals surface area contributed by atoms with Crippen molar-refractivity contribution in [1.29, 1.82) is 5.26 Å². The fraction of sp³-hybridized carbons (Fsp3) is 0.261. The molecular formula is C23H22N4O4. The first-order valence-corrected chi connectivity index (χ1v) is 9.96. The number of aryl methyl sites for hydroxylation is 1. The first-order valence-electron chi connectivity index (χ1n) is 9.96. The number of nitriles is 1. The van der Waals surface area contributed by atoms with Crippen LogP contribution in [0.2, 0.25) is 0 Å². The molecule has 8 heteroatoms. The van der Waals surface area contributed by atoms with Gasteiger partial charge in [-0.15, -0.1) is 0 Å². The van der Waals surface area contributed by atoms with Crippen LogP contribution < -0.4 is 10.9 Å². The Bertz CT molecular complexity index is 1190. The predicted octanol–water partition coefficient (Wildman–Crippen LogP) is 3.06. The molecule has 0 fully saturated rings. The van der Waals surface area contributed by atoms with Gasteiger partial charge < -0.3 is 10.1 Å². The van der Waals surface area contributed by atoms with E-state index in [1.54, 1.807) is 48.5 Å². The number of nitrogens with one attached hydrogen (secondary N) is 1. The molecule has 0 saturated carbocycles. The Labute approximate surface area is 179 Å². The number of anilines is 1. The molecule has 3 aromatic rings. The molecule has 1 amide bonds. The van der Waals surface area contributed by atoms with Gasteiger partial charge in [0.05, 0.1) is 17.9 Å². The maximum absolute atomic E-state index is 12.7. The fourth-order valence-electron chi connectivity index (χ4n) is 3.04. The third-order valence-corrected chi connectivity index (χ3v) is 4.64. The normalized spacial score (nSPS) is 10.5. The van der Waals surface area contributed by atoms with Crippen LogP contribution in [0.4, 0.5) is 5.69 Å². The zero-order valence-corrected chi connectivity index (χ0v) is 17.1. The molecular weight excluding hydrogens is 396 g/mol. The van der Waals surface area contributed by atoms with E-state index in [0.717, 1.165) is 18.4 Å². The summed E-state index contributed by atoms with van der Waals surface area (Å²) in [5.74, 6) is -1.29. The van der Waals surface area contributed by atoms with Crippen molar-refractivity contribution in [2.24, 2.45) is 0 Å². The summed E-state index contributed by atoms with van der Waals surface area (Å²) in [6.07, 6.45) is 1.90. The molecule has 2 aromatic carbocycles. The summed E-state index contributed by atoms with van der Waals surface area (Å²) < 4.78 is 6.43.